The largest absolute Gasteiger partial charge is 0.493 e. The lowest BCUT2D eigenvalue weighted by Gasteiger charge is -2.18. The molecule has 0 spiro atoms. The third kappa shape index (κ3) is 6.75. The van der Waals surface area contributed by atoms with Crippen molar-refractivity contribution in [2.75, 3.05) is 26.1 Å². The summed E-state index contributed by atoms with van der Waals surface area (Å²) in [6.45, 7) is 0.812. The topological polar surface area (TPSA) is 68.9 Å². The van der Waals surface area contributed by atoms with Crippen molar-refractivity contribution in [1.82, 2.24) is 0 Å². The summed E-state index contributed by atoms with van der Waals surface area (Å²) in [5.41, 5.74) is 6.87. The van der Waals surface area contributed by atoms with Crippen molar-refractivity contribution in [2.45, 2.75) is 44.9 Å². The molecule has 2 rings (SSSR count). The molecule has 1 fully saturated rings. The highest BCUT2D eigenvalue weighted by molar-refractivity contribution is 14.0. The number of halogens is 1. The Hall–Kier alpha value is -1.18. The molecule has 0 amide bonds. The van der Waals surface area contributed by atoms with Gasteiger partial charge in [-0.05, 0) is 30.9 Å². The van der Waals surface area contributed by atoms with Gasteiger partial charge in [0.25, 0.3) is 0 Å². The van der Waals surface area contributed by atoms with Gasteiger partial charge in [0.1, 0.15) is 0 Å². The van der Waals surface area contributed by atoms with Crippen LogP contribution in [0.25, 0.3) is 0 Å². The van der Waals surface area contributed by atoms with Gasteiger partial charge in [0.2, 0.25) is 0 Å². The van der Waals surface area contributed by atoms with Crippen LogP contribution in [0.15, 0.2) is 23.2 Å². The molecule has 1 saturated carbocycles. The monoisotopic (exact) mass is 447 g/mol. The lowest BCUT2D eigenvalue weighted by Crippen LogP contribution is -2.24. The number of methoxy groups -OCH3 is 2. The molecule has 0 heterocycles. The van der Waals surface area contributed by atoms with Gasteiger partial charge >= 0.3 is 0 Å². The molecule has 5 nitrogen and oxygen atoms in total. The summed E-state index contributed by atoms with van der Waals surface area (Å²) in [5, 5.41) is 3.13. The average Bonchev–Trinajstić information content (AvgIpc) is 2.53. The first-order valence-electron chi connectivity index (χ1n) is 8.52. The Bertz CT molecular complexity index is 515. The van der Waals surface area contributed by atoms with Crippen LogP contribution in [-0.2, 0) is 0 Å². The summed E-state index contributed by atoms with van der Waals surface area (Å²) < 4.78 is 10.5. The third-order valence-electron chi connectivity index (χ3n) is 4.40. The molecule has 3 N–H and O–H groups in total. The minimum Gasteiger partial charge on any atom is -0.493 e. The molecule has 0 unspecified atom stereocenters. The highest BCUT2D eigenvalue weighted by Crippen LogP contribution is 2.29. The van der Waals surface area contributed by atoms with E-state index in [0.717, 1.165) is 12.2 Å². The molecule has 0 atom stereocenters. The predicted molar refractivity (Wildman–Crippen MR) is 111 cm³/mol. The van der Waals surface area contributed by atoms with E-state index in [9.17, 15) is 0 Å². The van der Waals surface area contributed by atoms with Gasteiger partial charge in [-0.2, -0.15) is 0 Å². The van der Waals surface area contributed by atoms with Gasteiger partial charge in [0.15, 0.2) is 17.5 Å². The van der Waals surface area contributed by atoms with Crippen LogP contribution in [0.1, 0.15) is 44.9 Å². The van der Waals surface area contributed by atoms with E-state index in [-0.39, 0.29) is 24.0 Å². The van der Waals surface area contributed by atoms with Crippen LogP contribution >= 0.6 is 24.0 Å². The Morgan fingerprint density at radius 2 is 1.71 bits per heavy atom. The molecule has 0 aromatic heterocycles. The van der Waals surface area contributed by atoms with E-state index in [4.69, 9.17) is 15.2 Å². The maximum atomic E-state index is 6.02. The van der Waals surface area contributed by atoms with E-state index < -0.39 is 0 Å². The second-order valence-corrected chi connectivity index (χ2v) is 6.13. The summed E-state index contributed by atoms with van der Waals surface area (Å²) in [5.74, 6) is 2.49. The van der Waals surface area contributed by atoms with Crippen LogP contribution in [-0.4, -0.2) is 26.7 Å². The molecule has 0 radical (unpaired) electrons. The van der Waals surface area contributed by atoms with E-state index in [1.165, 1.54) is 44.9 Å². The summed E-state index contributed by atoms with van der Waals surface area (Å²) in [4.78, 5) is 4.52. The summed E-state index contributed by atoms with van der Waals surface area (Å²) >= 11 is 0. The van der Waals surface area contributed by atoms with Gasteiger partial charge in [-0.25, -0.2) is 0 Å². The molecular weight excluding hydrogens is 417 g/mol. The van der Waals surface area contributed by atoms with Gasteiger partial charge in [0, 0.05) is 18.3 Å². The number of nitrogens with two attached hydrogens (primary N) is 1. The highest BCUT2D eigenvalue weighted by Gasteiger charge is 2.11. The smallest absolute Gasteiger partial charge is 0.193 e. The van der Waals surface area contributed by atoms with Gasteiger partial charge in [0.05, 0.1) is 14.2 Å². The molecule has 24 heavy (non-hydrogen) atoms. The number of guanidine groups is 1. The number of nitrogens with zero attached hydrogens (tertiary/aromatic N) is 1. The zero-order valence-corrected chi connectivity index (χ0v) is 17.0. The van der Waals surface area contributed by atoms with Crippen molar-refractivity contribution in [2.24, 2.45) is 16.6 Å². The number of nitrogens with one attached hydrogen (secondary N) is 1. The molecule has 1 aliphatic carbocycles. The van der Waals surface area contributed by atoms with Crippen molar-refractivity contribution < 1.29 is 9.47 Å². The predicted octanol–water partition coefficient (Wildman–Crippen LogP) is 4.41. The molecule has 0 aliphatic heterocycles. The molecule has 6 heteroatoms. The van der Waals surface area contributed by atoms with Crippen molar-refractivity contribution in [3.05, 3.63) is 18.2 Å². The Labute approximate surface area is 162 Å². The van der Waals surface area contributed by atoms with Gasteiger partial charge < -0.3 is 20.5 Å². The van der Waals surface area contributed by atoms with E-state index in [2.05, 4.69) is 10.3 Å². The van der Waals surface area contributed by atoms with Crippen LogP contribution < -0.4 is 20.5 Å². The van der Waals surface area contributed by atoms with Gasteiger partial charge in [-0.15, -0.1) is 24.0 Å². The first-order valence-corrected chi connectivity index (χ1v) is 8.52. The van der Waals surface area contributed by atoms with E-state index in [0.29, 0.717) is 23.4 Å². The van der Waals surface area contributed by atoms with Gasteiger partial charge in [-0.3, -0.25) is 4.99 Å². The summed E-state index contributed by atoms with van der Waals surface area (Å²) in [6, 6.07) is 5.61. The SMILES string of the molecule is COc1ccc(NC(N)=NCC2CCCCCCC2)cc1OC.I. The Kier molecular flexibility index (Phi) is 9.90. The minimum atomic E-state index is 0. The molecule has 0 bridgehead atoms. The molecule has 1 aliphatic rings. The van der Waals surface area contributed by atoms with Crippen molar-refractivity contribution in [3.63, 3.8) is 0 Å². The average molecular weight is 447 g/mol. The zero-order valence-electron chi connectivity index (χ0n) is 14.7. The van der Waals surface area contributed by atoms with Crippen molar-refractivity contribution in [3.8, 4) is 11.5 Å². The van der Waals surface area contributed by atoms with Crippen LogP contribution in [0, 0.1) is 5.92 Å². The number of benzene rings is 1. The highest BCUT2D eigenvalue weighted by atomic mass is 127. The normalized spacial score (nSPS) is 16.5. The van der Waals surface area contributed by atoms with Crippen LogP contribution in [0.4, 0.5) is 5.69 Å². The second kappa shape index (κ2) is 11.4. The minimum absolute atomic E-state index is 0. The number of anilines is 1. The van der Waals surface area contributed by atoms with Crippen LogP contribution in [0.5, 0.6) is 11.5 Å². The zero-order chi connectivity index (χ0) is 16.5. The molecule has 1 aromatic rings. The Morgan fingerprint density at radius 1 is 1.08 bits per heavy atom. The number of aliphatic imine (C=N–C) groups is 1. The molecular formula is C18H30IN3O2. The van der Waals surface area contributed by atoms with E-state index in [1.54, 1.807) is 14.2 Å². The summed E-state index contributed by atoms with van der Waals surface area (Å²) in [7, 11) is 3.24. The Balaban J connectivity index is 0.00000288. The quantitative estimate of drug-likeness (QED) is 0.399. The number of rotatable bonds is 5. The number of hydrogen-bond donors (Lipinski definition) is 2. The van der Waals surface area contributed by atoms with E-state index >= 15 is 0 Å². The van der Waals surface area contributed by atoms with Crippen molar-refractivity contribution in [1.29, 1.82) is 0 Å². The van der Waals surface area contributed by atoms with Crippen LogP contribution in [0.2, 0.25) is 0 Å². The fourth-order valence-electron chi connectivity index (χ4n) is 3.05. The lowest BCUT2D eigenvalue weighted by molar-refractivity contribution is 0.355. The first-order chi connectivity index (χ1) is 11.2. The molecule has 136 valence electrons. The standard InChI is InChI=1S/C18H29N3O2.HI/c1-22-16-11-10-15(12-17(16)23-2)21-18(19)20-13-14-8-6-4-3-5-7-9-14;/h10-12,14H,3-9,13H2,1-2H3,(H3,19,20,21);1H. The second-order valence-electron chi connectivity index (χ2n) is 6.13. The van der Waals surface area contributed by atoms with Crippen LogP contribution in [0.3, 0.4) is 0 Å². The first kappa shape index (κ1) is 20.9. The maximum Gasteiger partial charge on any atom is 0.193 e. The van der Waals surface area contributed by atoms with Gasteiger partial charge in [-0.1, -0.05) is 32.1 Å². The Morgan fingerprint density at radius 3 is 2.33 bits per heavy atom. The number of hydrogen-bond acceptors (Lipinski definition) is 3. The molecule has 0 saturated heterocycles. The van der Waals surface area contributed by atoms with E-state index in [1.807, 2.05) is 18.2 Å². The lowest BCUT2D eigenvalue weighted by atomic mass is 9.91. The maximum absolute atomic E-state index is 6.02. The number of ether oxygens (including phenoxy) is 2. The third-order valence-corrected chi connectivity index (χ3v) is 4.40. The van der Waals surface area contributed by atoms with Crippen molar-refractivity contribution >= 4 is 35.6 Å². The fourth-order valence-corrected chi connectivity index (χ4v) is 3.05. The molecule has 1 aromatic carbocycles. The fraction of sp³-hybridized carbons (Fsp3) is 0.611. The summed E-state index contributed by atoms with van der Waals surface area (Å²) in [6.07, 6.45) is 9.30.